The third-order valence-electron chi connectivity index (χ3n) is 3.36. The van der Waals surface area contributed by atoms with E-state index in [9.17, 15) is 15.0 Å². The van der Waals surface area contributed by atoms with Crippen LogP contribution in [0.3, 0.4) is 0 Å². The van der Waals surface area contributed by atoms with Crippen LogP contribution in [-0.4, -0.2) is 29.0 Å². The molecule has 0 fully saturated rings. The number of aryl methyl sites for hydroxylation is 1. The smallest absolute Gasteiger partial charge is 0.185 e. The number of ketones is 1. The van der Waals surface area contributed by atoms with Crippen LogP contribution in [0.15, 0.2) is 42.5 Å². The van der Waals surface area contributed by atoms with Gasteiger partial charge in [0.2, 0.25) is 0 Å². The lowest BCUT2D eigenvalue weighted by atomic mass is 10.0. The van der Waals surface area contributed by atoms with Gasteiger partial charge in [-0.15, -0.1) is 11.6 Å². The third-order valence-corrected chi connectivity index (χ3v) is 3.55. The quantitative estimate of drug-likeness (QED) is 0.480. The largest absolute Gasteiger partial charge is 0.508 e. The number of benzene rings is 2. The molecule has 0 atom stereocenters. The molecule has 5 heteroatoms. The molecule has 0 spiro atoms. The normalized spacial score (nSPS) is 10.9. The van der Waals surface area contributed by atoms with E-state index in [1.54, 1.807) is 30.3 Å². The molecule has 0 bridgehead atoms. The van der Waals surface area contributed by atoms with Crippen molar-refractivity contribution in [2.24, 2.45) is 0 Å². The zero-order valence-corrected chi connectivity index (χ0v) is 13.4. The Kier molecular flexibility index (Phi) is 5.66. The maximum absolute atomic E-state index is 12.2. The van der Waals surface area contributed by atoms with Gasteiger partial charge < -0.3 is 14.9 Å². The predicted molar refractivity (Wildman–Crippen MR) is 90.6 cm³/mol. The van der Waals surface area contributed by atoms with Crippen LogP contribution in [0, 0.1) is 0 Å². The van der Waals surface area contributed by atoms with E-state index in [4.69, 9.17) is 16.3 Å². The predicted octanol–water partition coefficient (Wildman–Crippen LogP) is 3.78. The molecule has 0 amide bonds. The van der Waals surface area contributed by atoms with Gasteiger partial charge in [-0.05, 0) is 54.0 Å². The number of hydrogen-bond acceptors (Lipinski definition) is 4. The molecular weight excluding hydrogens is 316 g/mol. The number of halogens is 1. The minimum Gasteiger partial charge on any atom is -0.508 e. The SMILES string of the molecule is COc1ccc(C=CC(=O)c2ccc(O)c(CCCl)c2)cc1O. The van der Waals surface area contributed by atoms with Crippen molar-refractivity contribution in [3.63, 3.8) is 0 Å². The molecule has 0 heterocycles. The monoisotopic (exact) mass is 332 g/mol. The van der Waals surface area contributed by atoms with Gasteiger partial charge in [-0.3, -0.25) is 4.79 Å². The summed E-state index contributed by atoms with van der Waals surface area (Å²) in [6.07, 6.45) is 3.51. The first-order valence-corrected chi connectivity index (χ1v) is 7.56. The van der Waals surface area contributed by atoms with Crippen molar-refractivity contribution in [1.29, 1.82) is 0 Å². The van der Waals surface area contributed by atoms with Gasteiger partial charge in [0.15, 0.2) is 17.3 Å². The highest BCUT2D eigenvalue weighted by molar-refractivity contribution is 6.18. The summed E-state index contributed by atoms with van der Waals surface area (Å²) in [6, 6.07) is 9.55. The van der Waals surface area contributed by atoms with Crippen LogP contribution in [0.4, 0.5) is 0 Å². The second-order valence-electron chi connectivity index (χ2n) is 4.91. The second kappa shape index (κ2) is 7.70. The number of alkyl halides is 1. The lowest BCUT2D eigenvalue weighted by Crippen LogP contribution is -1.97. The molecule has 0 aliphatic carbocycles. The number of methoxy groups -OCH3 is 1. The van der Waals surface area contributed by atoms with E-state index in [0.29, 0.717) is 34.7 Å². The van der Waals surface area contributed by atoms with Crippen LogP contribution >= 0.6 is 11.6 Å². The zero-order valence-electron chi connectivity index (χ0n) is 12.6. The summed E-state index contributed by atoms with van der Waals surface area (Å²) in [6.45, 7) is 0. The lowest BCUT2D eigenvalue weighted by molar-refractivity contribution is 0.104. The Morgan fingerprint density at radius 1 is 1.17 bits per heavy atom. The first-order valence-electron chi connectivity index (χ1n) is 7.02. The summed E-state index contributed by atoms with van der Waals surface area (Å²) in [5, 5.41) is 19.4. The molecule has 0 saturated heterocycles. The maximum Gasteiger partial charge on any atom is 0.185 e. The van der Waals surface area contributed by atoms with Crippen molar-refractivity contribution in [3.05, 3.63) is 59.2 Å². The molecule has 0 aromatic heterocycles. The molecule has 0 aliphatic heterocycles. The topological polar surface area (TPSA) is 66.8 Å². The summed E-state index contributed by atoms with van der Waals surface area (Å²) in [4.78, 5) is 12.2. The first kappa shape index (κ1) is 16.9. The lowest BCUT2D eigenvalue weighted by Gasteiger charge is -2.05. The zero-order chi connectivity index (χ0) is 16.8. The van der Waals surface area contributed by atoms with Gasteiger partial charge in [-0.1, -0.05) is 12.1 Å². The van der Waals surface area contributed by atoms with Gasteiger partial charge in [0.1, 0.15) is 5.75 Å². The molecule has 0 radical (unpaired) electrons. The van der Waals surface area contributed by atoms with Crippen LogP contribution in [0.5, 0.6) is 17.2 Å². The van der Waals surface area contributed by atoms with Crippen LogP contribution in [0.1, 0.15) is 21.5 Å². The van der Waals surface area contributed by atoms with E-state index < -0.39 is 0 Å². The van der Waals surface area contributed by atoms with Crippen molar-refractivity contribution in [2.45, 2.75) is 6.42 Å². The van der Waals surface area contributed by atoms with Crippen LogP contribution < -0.4 is 4.74 Å². The van der Waals surface area contributed by atoms with Crippen molar-refractivity contribution in [1.82, 2.24) is 0 Å². The molecule has 0 aliphatic rings. The molecule has 2 aromatic rings. The van der Waals surface area contributed by atoms with Crippen LogP contribution in [0.2, 0.25) is 0 Å². The number of ether oxygens (including phenoxy) is 1. The van der Waals surface area contributed by atoms with Gasteiger partial charge in [0.05, 0.1) is 7.11 Å². The van der Waals surface area contributed by atoms with Gasteiger partial charge in [0.25, 0.3) is 0 Å². The maximum atomic E-state index is 12.2. The van der Waals surface area contributed by atoms with E-state index in [1.807, 2.05) is 0 Å². The molecule has 0 unspecified atom stereocenters. The average molecular weight is 333 g/mol. The number of rotatable bonds is 6. The highest BCUT2D eigenvalue weighted by Gasteiger charge is 2.07. The van der Waals surface area contributed by atoms with Crippen molar-refractivity contribution >= 4 is 23.5 Å². The Hall–Kier alpha value is -2.46. The number of carbonyl (C=O) groups excluding carboxylic acids is 1. The van der Waals surface area contributed by atoms with Gasteiger partial charge in [-0.25, -0.2) is 0 Å². The van der Waals surface area contributed by atoms with Crippen molar-refractivity contribution in [3.8, 4) is 17.2 Å². The van der Waals surface area contributed by atoms with E-state index in [1.165, 1.54) is 25.3 Å². The average Bonchev–Trinajstić information content (AvgIpc) is 2.55. The molecule has 4 nitrogen and oxygen atoms in total. The van der Waals surface area contributed by atoms with E-state index in [-0.39, 0.29) is 17.3 Å². The molecule has 23 heavy (non-hydrogen) atoms. The summed E-state index contributed by atoms with van der Waals surface area (Å²) in [5.74, 6) is 0.683. The Morgan fingerprint density at radius 2 is 1.96 bits per heavy atom. The van der Waals surface area contributed by atoms with Crippen LogP contribution in [0.25, 0.3) is 6.08 Å². The summed E-state index contributed by atoms with van der Waals surface area (Å²) < 4.78 is 4.97. The standard InChI is InChI=1S/C18H17ClO4/c1-23-18-7-3-12(10-17(18)22)2-5-15(20)13-4-6-16(21)14(11-13)8-9-19/h2-7,10-11,21-22H,8-9H2,1H3. The summed E-state index contributed by atoms with van der Waals surface area (Å²) in [7, 11) is 1.47. The Balaban J connectivity index is 2.18. The van der Waals surface area contributed by atoms with Crippen molar-refractivity contribution < 1.29 is 19.7 Å². The number of aromatic hydroxyl groups is 2. The van der Waals surface area contributed by atoms with Gasteiger partial charge in [-0.2, -0.15) is 0 Å². The minimum atomic E-state index is -0.198. The Bertz CT molecular complexity index is 738. The number of phenolic OH excluding ortho intramolecular Hbond substituents is 2. The molecule has 2 aromatic carbocycles. The van der Waals surface area contributed by atoms with E-state index in [2.05, 4.69) is 0 Å². The number of allylic oxidation sites excluding steroid dienone is 1. The van der Waals surface area contributed by atoms with Crippen molar-refractivity contribution in [2.75, 3.05) is 13.0 Å². The van der Waals surface area contributed by atoms with Gasteiger partial charge in [0, 0.05) is 11.4 Å². The second-order valence-corrected chi connectivity index (χ2v) is 5.29. The fourth-order valence-corrected chi connectivity index (χ4v) is 2.32. The van der Waals surface area contributed by atoms with E-state index >= 15 is 0 Å². The fourth-order valence-electron chi connectivity index (χ4n) is 2.12. The highest BCUT2D eigenvalue weighted by atomic mass is 35.5. The highest BCUT2D eigenvalue weighted by Crippen LogP contribution is 2.27. The molecular formula is C18H17ClO4. The minimum absolute atomic E-state index is 0.0103. The van der Waals surface area contributed by atoms with Crippen LogP contribution in [-0.2, 0) is 6.42 Å². The number of carbonyl (C=O) groups is 1. The first-order chi connectivity index (χ1) is 11.0. The fraction of sp³-hybridized carbons (Fsp3) is 0.167. The molecule has 0 saturated carbocycles. The van der Waals surface area contributed by atoms with Gasteiger partial charge >= 0.3 is 0 Å². The number of hydrogen-bond donors (Lipinski definition) is 2. The summed E-state index contributed by atoms with van der Waals surface area (Å²) in [5.41, 5.74) is 1.79. The Labute approximate surface area is 139 Å². The molecule has 120 valence electrons. The Morgan fingerprint density at radius 3 is 2.61 bits per heavy atom. The molecule has 2 N–H and O–H groups in total. The van der Waals surface area contributed by atoms with E-state index in [0.717, 1.165) is 0 Å². The summed E-state index contributed by atoms with van der Waals surface area (Å²) >= 11 is 5.68. The number of phenols is 2. The molecule has 2 rings (SSSR count). The third kappa shape index (κ3) is 4.27.